The highest BCUT2D eigenvalue weighted by Crippen LogP contribution is 2.41. The van der Waals surface area contributed by atoms with Gasteiger partial charge in [0.25, 0.3) is 0 Å². The molecule has 0 fully saturated rings. The molecule has 0 radical (unpaired) electrons. The monoisotopic (exact) mass is 404 g/mol. The fourth-order valence-corrected chi connectivity index (χ4v) is 3.72. The van der Waals surface area contributed by atoms with Gasteiger partial charge in [-0.15, -0.1) is 0 Å². The molecule has 0 unspecified atom stereocenters. The number of benzene rings is 2. The van der Waals surface area contributed by atoms with E-state index in [1.54, 1.807) is 45.9 Å². The van der Waals surface area contributed by atoms with Crippen molar-refractivity contribution in [2.75, 3.05) is 0 Å². The molecule has 1 aliphatic rings. The van der Waals surface area contributed by atoms with Crippen LogP contribution >= 0.6 is 0 Å². The lowest BCUT2D eigenvalue weighted by atomic mass is 9.81. The van der Waals surface area contributed by atoms with Gasteiger partial charge in [-0.1, -0.05) is 25.1 Å². The molecule has 29 heavy (non-hydrogen) atoms. The molecular formula is C23H23F3O3. The minimum absolute atomic E-state index is 0.164. The molecule has 0 saturated carbocycles. The van der Waals surface area contributed by atoms with Crippen LogP contribution in [-0.2, 0) is 16.0 Å². The van der Waals surface area contributed by atoms with Gasteiger partial charge in [0.2, 0.25) is 0 Å². The second-order valence-corrected chi connectivity index (χ2v) is 8.15. The van der Waals surface area contributed by atoms with Crippen LogP contribution in [0.2, 0.25) is 0 Å². The fourth-order valence-electron chi connectivity index (χ4n) is 3.72. The number of ether oxygens (including phenoxy) is 1. The third-order valence-corrected chi connectivity index (χ3v) is 5.16. The molecule has 154 valence electrons. The van der Waals surface area contributed by atoms with E-state index in [-0.39, 0.29) is 22.7 Å². The van der Waals surface area contributed by atoms with Crippen molar-refractivity contribution in [3.63, 3.8) is 0 Å². The van der Waals surface area contributed by atoms with Crippen LogP contribution in [0, 0.1) is 17.5 Å². The quantitative estimate of drug-likeness (QED) is 0.662. The van der Waals surface area contributed by atoms with Crippen molar-refractivity contribution in [2.45, 2.75) is 52.2 Å². The average molecular weight is 404 g/mol. The summed E-state index contributed by atoms with van der Waals surface area (Å²) in [5.41, 5.74) is -0.118. The van der Waals surface area contributed by atoms with Crippen LogP contribution in [0.5, 0.6) is 0 Å². The minimum atomic E-state index is -1.52. The van der Waals surface area contributed by atoms with E-state index in [9.17, 15) is 23.1 Å². The molecule has 0 amide bonds. The van der Waals surface area contributed by atoms with E-state index in [0.29, 0.717) is 23.1 Å². The number of Topliss-reactive ketones (excluding diaryl/α,β-unsaturated/α-hetero) is 1. The van der Waals surface area contributed by atoms with Crippen molar-refractivity contribution >= 4 is 11.4 Å². The van der Waals surface area contributed by atoms with Crippen LogP contribution in [0.15, 0.2) is 36.1 Å². The zero-order valence-electron chi connectivity index (χ0n) is 17.0. The highest BCUT2D eigenvalue weighted by Gasteiger charge is 2.47. The molecular weight excluding hydrogens is 381 g/mol. The largest absolute Gasteiger partial charge is 0.508 e. The Hall–Kier alpha value is -2.60. The van der Waals surface area contributed by atoms with E-state index in [4.69, 9.17) is 4.74 Å². The van der Waals surface area contributed by atoms with Gasteiger partial charge in [-0.3, -0.25) is 4.79 Å². The summed E-state index contributed by atoms with van der Waals surface area (Å²) in [6.07, 6.45) is 0.501. The molecule has 0 saturated heterocycles. The molecule has 0 aliphatic carbocycles. The maximum absolute atomic E-state index is 13.6. The molecule has 6 heteroatoms. The smallest absolute Gasteiger partial charge is 0.198 e. The Morgan fingerprint density at radius 2 is 1.52 bits per heavy atom. The van der Waals surface area contributed by atoms with Crippen molar-refractivity contribution < 1.29 is 27.8 Å². The van der Waals surface area contributed by atoms with Crippen LogP contribution in [0.1, 0.15) is 45.7 Å². The summed E-state index contributed by atoms with van der Waals surface area (Å²) in [6, 6.07) is 6.76. The predicted octanol–water partition coefficient (Wildman–Crippen LogP) is 5.76. The maximum Gasteiger partial charge on any atom is 0.198 e. The van der Waals surface area contributed by atoms with E-state index in [0.717, 1.165) is 12.1 Å². The molecule has 2 aromatic rings. The average Bonchev–Trinajstić information content (AvgIpc) is 2.64. The fraction of sp³-hybridized carbons (Fsp3) is 0.348. The molecule has 1 aliphatic heterocycles. The Labute approximate surface area is 167 Å². The number of carbonyl (C=O) groups is 1. The van der Waals surface area contributed by atoms with Crippen LogP contribution in [0.4, 0.5) is 13.2 Å². The summed E-state index contributed by atoms with van der Waals surface area (Å²) >= 11 is 0. The van der Waals surface area contributed by atoms with Gasteiger partial charge >= 0.3 is 0 Å². The first-order valence-electron chi connectivity index (χ1n) is 9.36. The van der Waals surface area contributed by atoms with Crippen LogP contribution in [0.3, 0.4) is 0 Å². The Kier molecular flexibility index (Phi) is 5.11. The lowest BCUT2D eigenvalue weighted by Gasteiger charge is -2.40. The number of aliphatic hydroxyl groups excluding tert-OH is 1. The number of aryl methyl sites for hydroxylation is 1. The van der Waals surface area contributed by atoms with Gasteiger partial charge in [0.1, 0.15) is 17.0 Å². The lowest BCUT2D eigenvalue weighted by Crippen LogP contribution is -2.49. The molecule has 0 atom stereocenters. The lowest BCUT2D eigenvalue weighted by molar-refractivity contribution is -0.158. The first kappa shape index (κ1) is 21.1. The van der Waals surface area contributed by atoms with Gasteiger partial charge in [-0.25, -0.2) is 13.2 Å². The van der Waals surface area contributed by atoms with Crippen LogP contribution < -0.4 is 0 Å². The highest BCUT2D eigenvalue weighted by molar-refractivity contribution is 6.26. The molecule has 2 aromatic carbocycles. The number of hydrogen-bond acceptors (Lipinski definition) is 3. The van der Waals surface area contributed by atoms with Gasteiger partial charge < -0.3 is 9.84 Å². The zero-order valence-corrected chi connectivity index (χ0v) is 17.0. The summed E-state index contributed by atoms with van der Waals surface area (Å²) in [5.74, 6) is -4.58. The zero-order chi connectivity index (χ0) is 21.7. The molecule has 0 bridgehead atoms. The van der Waals surface area contributed by atoms with Crippen molar-refractivity contribution in [3.05, 3.63) is 64.7 Å². The number of halogens is 3. The van der Waals surface area contributed by atoms with Crippen molar-refractivity contribution in [1.82, 2.24) is 0 Å². The summed E-state index contributed by atoms with van der Waals surface area (Å²) in [4.78, 5) is 13.0. The highest BCUT2D eigenvalue weighted by atomic mass is 19.2. The topological polar surface area (TPSA) is 46.5 Å². The Morgan fingerprint density at radius 1 is 0.931 bits per heavy atom. The van der Waals surface area contributed by atoms with Gasteiger partial charge in [0, 0.05) is 0 Å². The van der Waals surface area contributed by atoms with E-state index in [2.05, 4.69) is 0 Å². The Morgan fingerprint density at radius 3 is 2.07 bits per heavy atom. The Bertz CT molecular complexity index is 1010. The number of ketones is 1. The summed E-state index contributed by atoms with van der Waals surface area (Å²) < 4.78 is 46.3. The molecule has 0 spiro atoms. The van der Waals surface area contributed by atoms with Gasteiger partial charge in [-0.2, -0.15) is 0 Å². The maximum atomic E-state index is 13.6. The first-order valence-corrected chi connectivity index (χ1v) is 9.36. The second kappa shape index (κ2) is 7.02. The van der Waals surface area contributed by atoms with Crippen molar-refractivity contribution in [2.24, 2.45) is 0 Å². The Balaban J connectivity index is 2.19. The first-order chi connectivity index (χ1) is 13.4. The summed E-state index contributed by atoms with van der Waals surface area (Å²) in [6.45, 7) is 8.52. The van der Waals surface area contributed by atoms with Gasteiger partial charge in [0.05, 0.1) is 5.57 Å². The van der Waals surface area contributed by atoms with Gasteiger partial charge in [0.15, 0.2) is 23.2 Å². The van der Waals surface area contributed by atoms with Crippen LogP contribution in [-0.4, -0.2) is 22.1 Å². The predicted molar refractivity (Wildman–Crippen MR) is 105 cm³/mol. The van der Waals surface area contributed by atoms with E-state index < -0.39 is 28.7 Å². The number of hydrogen-bond donors (Lipinski definition) is 1. The number of rotatable bonds is 3. The normalized spacial score (nSPS) is 18.3. The second-order valence-electron chi connectivity index (χ2n) is 8.15. The number of carbonyl (C=O) groups excluding carboxylic acids is 1. The number of aliphatic hydroxyl groups is 1. The van der Waals surface area contributed by atoms with E-state index in [1.807, 2.05) is 6.92 Å². The summed E-state index contributed by atoms with van der Waals surface area (Å²) in [5, 5.41) is 10.8. The molecule has 0 aromatic heterocycles. The third-order valence-electron chi connectivity index (χ3n) is 5.16. The van der Waals surface area contributed by atoms with Gasteiger partial charge in [-0.05, 0) is 68.5 Å². The standard InChI is InChI=1S/C23H23F3O3/c1-6-12-9-13(14-10-16(24)19(26)17(25)11-14)7-8-15(12)18-20(27)22(2,3)29-23(4,5)21(18)28/h7-11,27H,6H2,1-5H3. The molecule has 3 nitrogen and oxygen atoms in total. The van der Waals surface area contributed by atoms with E-state index in [1.165, 1.54) is 0 Å². The third kappa shape index (κ3) is 3.57. The van der Waals surface area contributed by atoms with E-state index >= 15 is 0 Å². The molecule has 1 N–H and O–H groups in total. The molecule has 3 rings (SSSR count). The van der Waals surface area contributed by atoms with Crippen molar-refractivity contribution in [3.8, 4) is 11.1 Å². The molecule has 1 heterocycles. The van der Waals surface area contributed by atoms with Crippen molar-refractivity contribution in [1.29, 1.82) is 0 Å². The minimum Gasteiger partial charge on any atom is -0.508 e. The van der Waals surface area contributed by atoms with Crippen LogP contribution in [0.25, 0.3) is 16.7 Å². The SMILES string of the molecule is CCc1cc(-c2cc(F)c(F)c(F)c2)ccc1C1=C(O)C(C)(C)OC(C)(C)C1=O. The summed E-state index contributed by atoms with van der Waals surface area (Å²) in [7, 11) is 0.